The van der Waals surface area contributed by atoms with Crippen molar-refractivity contribution >= 4 is 23.2 Å². The normalized spacial score (nSPS) is 10.7. The molecule has 0 aliphatic heterocycles. The largest absolute Gasteiger partial charge is 0.461 e. The van der Waals surface area contributed by atoms with Crippen LogP contribution in [0.4, 0.5) is 0 Å². The standard InChI is InChI=1S/C14H22N2O4S/c1-4-10(5-2)16(7-8-17)13(18)11-9-21-12(15-11)14(19)20-6-3/h9-10,17H,4-8H2,1-3H3. The molecule has 1 aromatic heterocycles. The lowest BCUT2D eigenvalue weighted by Gasteiger charge is -2.29. The van der Waals surface area contributed by atoms with Gasteiger partial charge in [-0.15, -0.1) is 11.3 Å². The topological polar surface area (TPSA) is 79.7 Å². The third-order valence-corrected chi connectivity index (χ3v) is 3.98. The predicted molar refractivity (Wildman–Crippen MR) is 80.6 cm³/mol. The summed E-state index contributed by atoms with van der Waals surface area (Å²) in [6.07, 6.45) is 1.61. The summed E-state index contributed by atoms with van der Waals surface area (Å²) >= 11 is 1.09. The fraction of sp³-hybridized carbons (Fsp3) is 0.643. The molecule has 1 rings (SSSR count). The Morgan fingerprint density at radius 1 is 1.38 bits per heavy atom. The zero-order chi connectivity index (χ0) is 15.8. The van der Waals surface area contributed by atoms with Crippen LogP contribution in [-0.2, 0) is 4.74 Å². The molecule has 0 aromatic carbocycles. The molecule has 118 valence electrons. The second kappa shape index (κ2) is 8.74. The fourth-order valence-electron chi connectivity index (χ4n) is 2.09. The lowest BCUT2D eigenvalue weighted by Crippen LogP contribution is -2.41. The Morgan fingerprint density at radius 2 is 2.05 bits per heavy atom. The maximum absolute atomic E-state index is 12.5. The minimum atomic E-state index is -0.516. The SMILES string of the molecule is CCOC(=O)c1nc(C(=O)N(CCO)C(CC)CC)cs1. The van der Waals surface area contributed by atoms with Gasteiger partial charge in [-0.3, -0.25) is 4.79 Å². The lowest BCUT2D eigenvalue weighted by atomic mass is 10.1. The Labute approximate surface area is 128 Å². The van der Waals surface area contributed by atoms with Gasteiger partial charge in [0, 0.05) is 18.0 Å². The molecule has 6 nitrogen and oxygen atoms in total. The van der Waals surface area contributed by atoms with Crippen LogP contribution < -0.4 is 0 Å². The molecule has 0 saturated heterocycles. The molecule has 7 heteroatoms. The molecule has 1 N–H and O–H groups in total. The summed E-state index contributed by atoms with van der Waals surface area (Å²) in [5.74, 6) is -0.776. The Kier molecular flexibility index (Phi) is 7.31. The number of carbonyl (C=O) groups is 2. The highest BCUT2D eigenvalue weighted by molar-refractivity contribution is 7.11. The molecule has 0 atom stereocenters. The highest BCUT2D eigenvalue weighted by Gasteiger charge is 2.25. The van der Waals surface area contributed by atoms with Gasteiger partial charge in [-0.25, -0.2) is 9.78 Å². The van der Waals surface area contributed by atoms with Crippen LogP contribution in [-0.4, -0.2) is 52.7 Å². The average molecular weight is 314 g/mol. The number of aromatic nitrogens is 1. The van der Waals surface area contributed by atoms with Gasteiger partial charge in [-0.05, 0) is 19.8 Å². The van der Waals surface area contributed by atoms with E-state index in [-0.39, 0.29) is 42.4 Å². The van der Waals surface area contributed by atoms with E-state index in [2.05, 4.69) is 4.98 Å². The molecule has 0 fully saturated rings. The van der Waals surface area contributed by atoms with E-state index in [1.165, 1.54) is 0 Å². The van der Waals surface area contributed by atoms with Crippen molar-refractivity contribution in [2.45, 2.75) is 39.7 Å². The molecule has 0 unspecified atom stereocenters. The average Bonchev–Trinajstić information content (AvgIpc) is 2.97. The van der Waals surface area contributed by atoms with Crippen LogP contribution in [0.15, 0.2) is 5.38 Å². The minimum absolute atomic E-state index is 0.0531. The second-order valence-corrected chi connectivity index (χ2v) is 5.31. The summed E-state index contributed by atoms with van der Waals surface area (Å²) in [4.78, 5) is 29.7. The number of esters is 1. The summed E-state index contributed by atoms with van der Waals surface area (Å²) in [5.41, 5.74) is 0.225. The van der Waals surface area contributed by atoms with Crippen molar-refractivity contribution in [3.05, 3.63) is 16.1 Å². The maximum Gasteiger partial charge on any atom is 0.367 e. The third kappa shape index (κ3) is 4.50. The number of hydrogen-bond acceptors (Lipinski definition) is 6. The van der Waals surface area contributed by atoms with Crippen LogP contribution in [0.2, 0.25) is 0 Å². The van der Waals surface area contributed by atoms with E-state index < -0.39 is 5.97 Å². The minimum Gasteiger partial charge on any atom is -0.461 e. The predicted octanol–water partition coefficient (Wildman–Crippen LogP) is 1.94. The number of aliphatic hydroxyl groups excluding tert-OH is 1. The van der Waals surface area contributed by atoms with Gasteiger partial charge in [0.25, 0.3) is 5.91 Å². The Bertz CT molecular complexity index is 471. The van der Waals surface area contributed by atoms with E-state index in [0.717, 1.165) is 24.2 Å². The van der Waals surface area contributed by atoms with E-state index in [9.17, 15) is 9.59 Å². The molecule has 1 heterocycles. The Morgan fingerprint density at radius 3 is 2.57 bits per heavy atom. The highest BCUT2D eigenvalue weighted by Crippen LogP contribution is 2.16. The molecule has 0 aliphatic rings. The summed E-state index contributed by atoms with van der Waals surface area (Å²) in [7, 11) is 0. The van der Waals surface area contributed by atoms with Gasteiger partial charge in [-0.2, -0.15) is 0 Å². The number of nitrogens with zero attached hydrogens (tertiary/aromatic N) is 2. The molecule has 0 radical (unpaired) electrons. The van der Waals surface area contributed by atoms with Crippen molar-refractivity contribution in [3.63, 3.8) is 0 Å². The Hall–Kier alpha value is -1.47. The fourth-order valence-corrected chi connectivity index (χ4v) is 2.78. The summed E-state index contributed by atoms with van der Waals surface area (Å²) < 4.78 is 4.86. The molecule has 0 aliphatic carbocycles. The molecule has 0 saturated carbocycles. The van der Waals surface area contributed by atoms with Crippen molar-refractivity contribution in [2.75, 3.05) is 19.8 Å². The first-order chi connectivity index (χ1) is 10.1. The number of ether oxygens (including phenoxy) is 1. The van der Waals surface area contributed by atoms with Crippen LogP contribution >= 0.6 is 11.3 Å². The van der Waals surface area contributed by atoms with Crippen LogP contribution in [0.3, 0.4) is 0 Å². The summed E-state index contributed by atoms with van der Waals surface area (Å²) in [6.45, 7) is 6.14. The van der Waals surface area contributed by atoms with Crippen LogP contribution in [0.5, 0.6) is 0 Å². The molecular weight excluding hydrogens is 292 g/mol. The van der Waals surface area contributed by atoms with Gasteiger partial charge in [0.05, 0.1) is 13.2 Å². The number of rotatable bonds is 8. The van der Waals surface area contributed by atoms with Gasteiger partial charge in [0.15, 0.2) is 0 Å². The number of hydrogen-bond donors (Lipinski definition) is 1. The smallest absolute Gasteiger partial charge is 0.367 e. The van der Waals surface area contributed by atoms with Crippen LogP contribution in [0.1, 0.15) is 53.9 Å². The van der Waals surface area contributed by atoms with E-state index >= 15 is 0 Å². The van der Waals surface area contributed by atoms with Crippen molar-refractivity contribution < 1.29 is 19.4 Å². The van der Waals surface area contributed by atoms with Gasteiger partial charge < -0.3 is 14.7 Å². The first-order valence-electron chi connectivity index (χ1n) is 7.13. The number of thiazole rings is 1. The van der Waals surface area contributed by atoms with Crippen molar-refractivity contribution in [1.82, 2.24) is 9.88 Å². The number of carbonyl (C=O) groups excluding carboxylic acids is 2. The summed E-state index contributed by atoms with van der Waals surface area (Å²) in [6, 6.07) is 0.0531. The first kappa shape index (κ1) is 17.6. The molecule has 1 aromatic rings. The number of amides is 1. The molecular formula is C14H22N2O4S. The van der Waals surface area contributed by atoms with Crippen LogP contribution in [0, 0.1) is 0 Å². The van der Waals surface area contributed by atoms with E-state index in [1.54, 1.807) is 17.2 Å². The molecule has 0 spiro atoms. The van der Waals surface area contributed by atoms with E-state index in [1.807, 2.05) is 13.8 Å². The van der Waals surface area contributed by atoms with Gasteiger partial charge >= 0.3 is 5.97 Å². The highest BCUT2D eigenvalue weighted by atomic mass is 32.1. The van der Waals surface area contributed by atoms with Crippen molar-refractivity contribution in [1.29, 1.82) is 0 Å². The van der Waals surface area contributed by atoms with Gasteiger partial charge in [-0.1, -0.05) is 13.8 Å². The third-order valence-electron chi connectivity index (χ3n) is 3.16. The van der Waals surface area contributed by atoms with Gasteiger partial charge in [0.1, 0.15) is 5.69 Å². The number of aliphatic hydroxyl groups is 1. The maximum atomic E-state index is 12.5. The monoisotopic (exact) mass is 314 g/mol. The Balaban J connectivity index is 2.91. The lowest BCUT2D eigenvalue weighted by molar-refractivity contribution is 0.0525. The van der Waals surface area contributed by atoms with Crippen LogP contribution in [0.25, 0.3) is 0 Å². The quantitative estimate of drug-likeness (QED) is 0.742. The van der Waals surface area contributed by atoms with Crippen molar-refractivity contribution in [2.24, 2.45) is 0 Å². The summed E-state index contributed by atoms with van der Waals surface area (Å²) in [5, 5.41) is 10.9. The molecule has 21 heavy (non-hydrogen) atoms. The van der Waals surface area contributed by atoms with Crippen molar-refractivity contribution in [3.8, 4) is 0 Å². The first-order valence-corrected chi connectivity index (χ1v) is 8.01. The van der Waals surface area contributed by atoms with Gasteiger partial charge in [0.2, 0.25) is 5.01 Å². The zero-order valence-electron chi connectivity index (χ0n) is 12.7. The zero-order valence-corrected chi connectivity index (χ0v) is 13.5. The van der Waals surface area contributed by atoms with E-state index in [4.69, 9.17) is 9.84 Å². The molecule has 1 amide bonds. The van der Waals surface area contributed by atoms with E-state index in [0.29, 0.717) is 0 Å². The second-order valence-electron chi connectivity index (χ2n) is 4.45. The molecule has 0 bridgehead atoms.